The lowest BCUT2D eigenvalue weighted by Gasteiger charge is -2.34. The zero-order valence-electron chi connectivity index (χ0n) is 16.1. The highest BCUT2D eigenvalue weighted by Gasteiger charge is 2.32. The molecule has 2 aromatic rings. The maximum absolute atomic E-state index is 12.9. The van der Waals surface area contributed by atoms with Gasteiger partial charge in [0.15, 0.2) is 0 Å². The number of amides is 1. The summed E-state index contributed by atoms with van der Waals surface area (Å²) in [5.74, 6) is -0.300. The van der Waals surface area contributed by atoms with E-state index in [0.29, 0.717) is 34.4 Å². The highest BCUT2D eigenvalue weighted by molar-refractivity contribution is 7.89. The first-order valence-corrected chi connectivity index (χ1v) is 11.3. The molecule has 1 aliphatic heterocycles. The average Bonchev–Trinajstić information content (AvgIpc) is 2.64. The van der Waals surface area contributed by atoms with Crippen molar-refractivity contribution in [1.82, 2.24) is 4.31 Å². The Morgan fingerprint density at radius 3 is 2.17 bits per heavy atom. The number of carbonyl (C=O) groups is 1. The maximum atomic E-state index is 12.9. The minimum atomic E-state index is -3.63. The molecule has 2 aromatic carbocycles. The lowest BCUT2D eigenvalue weighted by atomic mass is 10.1. The van der Waals surface area contributed by atoms with Crippen LogP contribution in [0.2, 0.25) is 10.0 Å². The molecule has 0 saturated carbocycles. The Hall–Kier alpha value is -1.64. The van der Waals surface area contributed by atoms with Crippen LogP contribution in [0, 0.1) is 0 Å². The summed E-state index contributed by atoms with van der Waals surface area (Å²) < 4.78 is 32.8. The van der Waals surface area contributed by atoms with Gasteiger partial charge in [0, 0.05) is 28.8 Å². The molecule has 2 atom stereocenters. The Kier molecular flexibility index (Phi) is 6.86. The van der Waals surface area contributed by atoms with Gasteiger partial charge in [-0.15, -0.1) is 0 Å². The third kappa shape index (κ3) is 5.29. The first-order valence-electron chi connectivity index (χ1n) is 9.15. The van der Waals surface area contributed by atoms with Gasteiger partial charge < -0.3 is 10.1 Å². The summed E-state index contributed by atoms with van der Waals surface area (Å²) in [5.41, 5.74) is 1.03. The van der Waals surface area contributed by atoms with E-state index < -0.39 is 10.0 Å². The molecule has 0 aliphatic carbocycles. The molecule has 1 N–H and O–H groups in total. The molecule has 1 aliphatic rings. The van der Waals surface area contributed by atoms with Crippen molar-refractivity contribution in [3.8, 4) is 0 Å². The van der Waals surface area contributed by atoms with Crippen LogP contribution in [0.5, 0.6) is 0 Å². The van der Waals surface area contributed by atoms with E-state index in [2.05, 4.69) is 5.32 Å². The van der Waals surface area contributed by atoms with Crippen LogP contribution in [0.1, 0.15) is 19.4 Å². The predicted molar refractivity (Wildman–Crippen MR) is 114 cm³/mol. The van der Waals surface area contributed by atoms with E-state index in [1.54, 1.807) is 30.3 Å². The number of hydrogen-bond acceptors (Lipinski definition) is 4. The van der Waals surface area contributed by atoms with E-state index in [0.717, 1.165) is 0 Å². The average molecular weight is 457 g/mol. The summed E-state index contributed by atoms with van der Waals surface area (Å²) in [7, 11) is -3.63. The number of ether oxygens (including phenoxy) is 1. The van der Waals surface area contributed by atoms with Crippen LogP contribution in [0.3, 0.4) is 0 Å². The van der Waals surface area contributed by atoms with E-state index in [-0.39, 0.29) is 29.4 Å². The normalized spacial score (nSPS) is 20.4. The molecule has 1 heterocycles. The van der Waals surface area contributed by atoms with Gasteiger partial charge in [-0.25, -0.2) is 8.42 Å². The Balaban J connectivity index is 1.69. The van der Waals surface area contributed by atoms with Crippen LogP contribution < -0.4 is 5.32 Å². The molecular weight excluding hydrogens is 435 g/mol. The molecule has 0 bridgehead atoms. The van der Waals surface area contributed by atoms with Gasteiger partial charge >= 0.3 is 0 Å². The molecule has 3 rings (SSSR count). The maximum Gasteiger partial charge on any atom is 0.243 e. The van der Waals surface area contributed by atoms with Gasteiger partial charge in [0.2, 0.25) is 15.9 Å². The van der Waals surface area contributed by atoms with Crippen molar-refractivity contribution < 1.29 is 17.9 Å². The molecule has 0 radical (unpaired) electrons. The van der Waals surface area contributed by atoms with E-state index >= 15 is 0 Å². The number of carbonyl (C=O) groups excluding carboxylic acids is 1. The molecule has 0 aromatic heterocycles. The van der Waals surface area contributed by atoms with E-state index in [1.807, 2.05) is 13.8 Å². The number of rotatable bonds is 5. The van der Waals surface area contributed by atoms with Crippen LogP contribution in [0.15, 0.2) is 47.4 Å². The molecule has 2 unspecified atom stereocenters. The van der Waals surface area contributed by atoms with Gasteiger partial charge in [-0.2, -0.15) is 4.31 Å². The molecular formula is C20H22Cl2N2O4S. The standard InChI is InChI=1S/C20H22Cl2N2O4S/c1-13-11-24(12-14(2)28-13)29(26,27)16-8-6-15(7-9-16)23-20(25)10-17-18(21)4-3-5-19(17)22/h3-9,13-14H,10-12H2,1-2H3,(H,23,25). The van der Waals surface area contributed by atoms with Crippen molar-refractivity contribution in [3.05, 3.63) is 58.1 Å². The van der Waals surface area contributed by atoms with Gasteiger partial charge in [-0.05, 0) is 55.8 Å². The summed E-state index contributed by atoms with van der Waals surface area (Å²) in [4.78, 5) is 12.5. The topological polar surface area (TPSA) is 75.7 Å². The van der Waals surface area contributed by atoms with Crippen molar-refractivity contribution in [2.45, 2.75) is 37.4 Å². The van der Waals surface area contributed by atoms with Crippen molar-refractivity contribution in [2.75, 3.05) is 18.4 Å². The number of anilines is 1. The number of halogens is 2. The van der Waals surface area contributed by atoms with Crippen LogP contribution in [-0.4, -0.2) is 43.9 Å². The molecule has 9 heteroatoms. The second-order valence-electron chi connectivity index (χ2n) is 7.03. The monoisotopic (exact) mass is 456 g/mol. The van der Waals surface area contributed by atoms with Crippen LogP contribution in [-0.2, 0) is 26.0 Å². The second kappa shape index (κ2) is 9.02. The fourth-order valence-electron chi connectivity index (χ4n) is 3.25. The molecule has 1 fully saturated rings. The van der Waals surface area contributed by atoms with Gasteiger partial charge in [0.1, 0.15) is 0 Å². The van der Waals surface area contributed by atoms with E-state index in [9.17, 15) is 13.2 Å². The number of hydrogen-bond donors (Lipinski definition) is 1. The Morgan fingerprint density at radius 1 is 1.07 bits per heavy atom. The summed E-state index contributed by atoms with van der Waals surface area (Å²) in [6.45, 7) is 4.32. The Bertz CT molecular complexity index is 966. The largest absolute Gasteiger partial charge is 0.373 e. The summed E-state index contributed by atoms with van der Waals surface area (Å²) in [6, 6.07) is 11.1. The third-order valence-electron chi connectivity index (χ3n) is 4.56. The lowest BCUT2D eigenvalue weighted by Crippen LogP contribution is -2.48. The quantitative estimate of drug-likeness (QED) is 0.737. The van der Waals surface area contributed by atoms with E-state index in [1.165, 1.54) is 16.4 Å². The van der Waals surface area contributed by atoms with Gasteiger partial charge in [0.25, 0.3) is 0 Å². The van der Waals surface area contributed by atoms with Gasteiger partial charge in [-0.3, -0.25) is 4.79 Å². The zero-order valence-corrected chi connectivity index (χ0v) is 18.4. The Labute approximate surface area is 180 Å². The van der Waals surface area contributed by atoms with Crippen LogP contribution in [0.4, 0.5) is 5.69 Å². The van der Waals surface area contributed by atoms with Crippen molar-refractivity contribution in [1.29, 1.82) is 0 Å². The SMILES string of the molecule is CC1CN(S(=O)(=O)c2ccc(NC(=O)Cc3c(Cl)cccc3Cl)cc2)CC(C)O1. The second-order valence-corrected chi connectivity index (χ2v) is 9.78. The molecule has 29 heavy (non-hydrogen) atoms. The first-order chi connectivity index (χ1) is 13.7. The molecule has 1 amide bonds. The first kappa shape index (κ1) is 22.1. The van der Waals surface area contributed by atoms with Gasteiger partial charge in [-0.1, -0.05) is 29.3 Å². The number of benzene rings is 2. The number of nitrogens with zero attached hydrogens (tertiary/aromatic N) is 1. The van der Waals surface area contributed by atoms with Crippen molar-refractivity contribution in [2.24, 2.45) is 0 Å². The highest BCUT2D eigenvalue weighted by atomic mass is 35.5. The summed E-state index contributed by atoms with van der Waals surface area (Å²) >= 11 is 12.2. The van der Waals surface area contributed by atoms with Crippen LogP contribution in [0.25, 0.3) is 0 Å². The van der Waals surface area contributed by atoms with E-state index in [4.69, 9.17) is 27.9 Å². The fourth-order valence-corrected chi connectivity index (χ4v) is 5.37. The van der Waals surface area contributed by atoms with Crippen LogP contribution >= 0.6 is 23.2 Å². The molecule has 1 saturated heterocycles. The number of sulfonamides is 1. The highest BCUT2D eigenvalue weighted by Crippen LogP contribution is 2.26. The smallest absolute Gasteiger partial charge is 0.243 e. The Morgan fingerprint density at radius 2 is 1.62 bits per heavy atom. The minimum absolute atomic E-state index is 0.0160. The summed E-state index contributed by atoms with van der Waals surface area (Å²) in [6.07, 6.45) is -0.310. The van der Waals surface area contributed by atoms with Gasteiger partial charge in [0.05, 0.1) is 23.5 Å². The zero-order chi connectivity index (χ0) is 21.2. The number of nitrogens with one attached hydrogen (secondary N) is 1. The molecule has 156 valence electrons. The predicted octanol–water partition coefficient (Wildman–Crippen LogP) is 3.97. The lowest BCUT2D eigenvalue weighted by molar-refractivity contribution is -0.115. The minimum Gasteiger partial charge on any atom is -0.373 e. The molecule has 0 spiro atoms. The molecule has 6 nitrogen and oxygen atoms in total. The number of morpholine rings is 1. The van der Waals surface area contributed by atoms with Crippen molar-refractivity contribution in [3.63, 3.8) is 0 Å². The summed E-state index contributed by atoms with van der Waals surface area (Å²) in [5, 5.41) is 3.57. The third-order valence-corrected chi connectivity index (χ3v) is 7.12. The van der Waals surface area contributed by atoms with Crippen molar-refractivity contribution >= 4 is 44.8 Å². The fraction of sp³-hybridized carbons (Fsp3) is 0.350.